The van der Waals surface area contributed by atoms with Crippen molar-refractivity contribution in [2.24, 2.45) is 0 Å². The third kappa shape index (κ3) is 11.7. The van der Waals surface area contributed by atoms with Crippen LogP contribution >= 0.6 is 0 Å². The summed E-state index contributed by atoms with van der Waals surface area (Å²) in [6.45, 7) is 12.5. The predicted molar refractivity (Wildman–Crippen MR) is 146 cm³/mol. The monoisotopic (exact) mass is 512 g/mol. The lowest BCUT2D eigenvalue weighted by Crippen LogP contribution is -2.52. The van der Waals surface area contributed by atoms with Crippen LogP contribution in [0, 0.1) is 0 Å². The van der Waals surface area contributed by atoms with Gasteiger partial charge in [0.1, 0.15) is 11.2 Å². The second kappa shape index (κ2) is 13.0. The molecule has 0 aliphatic rings. The number of benzene rings is 2. The van der Waals surface area contributed by atoms with Crippen LogP contribution in [0.2, 0.25) is 0 Å². The van der Waals surface area contributed by atoms with Crippen molar-refractivity contribution in [3.05, 3.63) is 71.3 Å². The van der Waals surface area contributed by atoms with E-state index in [1.807, 2.05) is 63.2 Å². The van der Waals surface area contributed by atoms with Crippen molar-refractivity contribution >= 4 is 12.2 Å². The average Bonchev–Trinajstić information content (AvgIpc) is 2.76. The fraction of sp³-hybridized carbons (Fsp3) is 0.533. The number of alkyl carbamates (subject to hydrolysis) is 2. The van der Waals surface area contributed by atoms with Crippen molar-refractivity contribution in [3.8, 4) is 0 Å². The molecule has 2 unspecified atom stereocenters. The number of aliphatic hydroxyl groups is 1. The topological polar surface area (TPSA) is 96.9 Å². The number of nitrogens with one attached hydrogen (secondary N) is 2. The number of amides is 2. The van der Waals surface area contributed by atoms with Crippen molar-refractivity contribution in [2.45, 2.75) is 96.9 Å². The van der Waals surface area contributed by atoms with Crippen LogP contribution in [0.4, 0.5) is 9.59 Å². The minimum absolute atomic E-state index is 0.157. The molecule has 2 aromatic rings. The summed E-state index contributed by atoms with van der Waals surface area (Å²) in [5.74, 6) is 0. The molecule has 0 aliphatic carbocycles. The summed E-state index contributed by atoms with van der Waals surface area (Å²) in [5.41, 5.74) is 1.17. The van der Waals surface area contributed by atoms with E-state index in [-0.39, 0.29) is 12.6 Å². The van der Waals surface area contributed by atoms with E-state index in [0.29, 0.717) is 6.42 Å². The molecule has 3 N–H and O–H groups in total. The van der Waals surface area contributed by atoms with Gasteiger partial charge >= 0.3 is 12.2 Å². The summed E-state index contributed by atoms with van der Waals surface area (Å²) in [6, 6.07) is 17.9. The molecule has 204 valence electrons. The molecule has 0 aliphatic heterocycles. The molecule has 37 heavy (non-hydrogen) atoms. The van der Waals surface area contributed by atoms with Gasteiger partial charge in [-0.25, -0.2) is 9.59 Å². The van der Waals surface area contributed by atoms with E-state index >= 15 is 0 Å². The fourth-order valence-electron chi connectivity index (χ4n) is 4.00. The summed E-state index contributed by atoms with van der Waals surface area (Å²) in [6.07, 6.45) is 1.91. The summed E-state index contributed by atoms with van der Waals surface area (Å²) >= 11 is 0. The number of ether oxygens (including phenoxy) is 2. The van der Waals surface area contributed by atoms with Gasteiger partial charge in [0, 0.05) is 0 Å². The molecular formula is C30H44N2O5. The van der Waals surface area contributed by atoms with Crippen LogP contribution in [0.15, 0.2) is 54.6 Å². The normalized spacial score (nSPS) is 14.3. The van der Waals surface area contributed by atoms with Crippen molar-refractivity contribution in [1.29, 1.82) is 0 Å². The largest absolute Gasteiger partial charge is 0.444 e. The van der Waals surface area contributed by atoms with Crippen molar-refractivity contribution in [3.63, 3.8) is 0 Å². The Labute approximate surface area is 222 Å². The highest BCUT2D eigenvalue weighted by Gasteiger charge is 2.29. The van der Waals surface area contributed by atoms with Gasteiger partial charge in [-0.3, -0.25) is 0 Å². The smallest absolute Gasteiger partial charge is 0.408 e. The molecular weight excluding hydrogens is 468 g/mol. The number of carbonyl (C=O) groups is 2. The molecule has 0 saturated carbocycles. The highest BCUT2D eigenvalue weighted by molar-refractivity contribution is 5.69. The van der Waals surface area contributed by atoms with Crippen LogP contribution < -0.4 is 10.6 Å². The SMILES string of the molecule is CC(CO)(Cc1cccc(CCCC(NC(=O)OC(C)(C)C)c2ccccc2)c1)NC(=O)OC(C)(C)C. The zero-order valence-corrected chi connectivity index (χ0v) is 23.4. The lowest BCUT2D eigenvalue weighted by Gasteiger charge is -2.30. The first-order valence-corrected chi connectivity index (χ1v) is 12.9. The van der Waals surface area contributed by atoms with Crippen LogP contribution in [0.25, 0.3) is 0 Å². The lowest BCUT2D eigenvalue weighted by molar-refractivity contribution is 0.0414. The maximum atomic E-state index is 12.4. The maximum absolute atomic E-state index is 12.4. The van der Waals surface area contributed by atoms with E-state index in [9.17, 15) is 14.7 Å². The Morgan fingerprint density at radius 3 is 2.03 bits per heavy atom. The van der Waals surface area contributed by atoms with Crippen molar-refractivity contribution < 1.29 is 24.2 Å². The van der Waals surface area contributed by atoms with E-state index in [0.717, 1.165) is 36.0 Å². The fourth-order valence-corrected chi connectivity index (χ4v) is 4.00. The first-order valence-electron chi connectivity index (χ1n) is 12.9. The van der Waals surface area contributed by atoms with E-state index in [4.69, 9.17) is 9.47 Å². The summed E-state index contributed by atoms with van der Waals surface area (Å²) in [4.78, 5) is 24.7. The molecule has 0 spiro atoms. The quantitative estimate of drug-likeness (QED) is 0.358. The Morgan fingerprint density at radius 2 is 1.43 bits per heavy atom. The van der Waals surface area contributed by atoms with E-state index in [1.54, 1.807) is 27.7 Å². The van der Waals surface area contributed by atoms with E-state index in [1.165, 1.54) is 0 Å². The molecule has 0 bridgehead atoms. The van der Waals surface area contributed by atoms with Crippen LogP contribution in [0.5, 0.6) is 0 Å². The zero-order valence-electron chi connectivity index (χ0n) is 23.4. The summed E-state index contributed by atoms with van der Waals surface area (Å²) in [5, 5.41) is 15.8. The van der Waals surface area contributed by atoms with Gasteiger partial charge in [-0.15, -0.1) is 0 Å². The average molecular weight is 513 g/mol. The minimum Gasteiger partial charge on any atom is -0.444 e. The standard InChI is InChI=1S/C30H44N2O5/c1-28(2,3)36-26(34)31-25(24-16-9-8-10-17-24)18-12-14-22-13-11-15-23(19-22)20-30(7,21-33)32-27(35)37-29(4,5)6/h8-11,13,15-17,19,25,33H,12,14,18,20-21H2,1-7H3,(H,31,34)(H,32,35). The van der Waals surface area contributed by atoms with Gasteiger partial charge in [0.25, 0.3) is 0 Å². The Hall–Kier alpha value is -3.06. The minimum atomic E-state index is -0.850. The number of carbonyl (C=O) groups excluding carboxylic acids is 2. The number of rotatable bonds is 10. The summed E-state index contributed by atoms with van der Waals surface area (Å²) in [7, 11) is 0. The molecule has 2 amide bonds. The van der Waals surface area contributed by atoms with Crippen molar-refractivity contribution in [2.75, 3.05) is 6.61 Å². The van der Waals surface area contributed by atoms with E-state index in [2.05, 4.69) is 22.8 Å². The Balaban J connectivity index is 2.02. The molecule has 0 radical (unpaired) electrons. The van der Waals surface area contributed by atoms with Crippen LogP contribution in [-0.2, 0) is 22.3 Å². The molecule has 2 rings (SSSR count). The Kier molecular flexibility index (Phi) is 10.6. The zero-order chi connectivity index (χ0) is 27.7. The van der Waals surface area contributed by atoms with Gasteiger partial charge in [0.2, 0.25) is 0 Å². The van der Waals surface area contributed by atoms with Gasteiger partial charge in [0.15, 0.2) is 0 Å². The first kappa shape index (κ1) is 30.2. The molecule has 0 saturated heterocycles. The van der Waals surface area contributed by atoms with Gasteiger partial charge in [-0.2, -0.15) is 0 Å². The van der Waals surface area contributed by atoms with Gasteiger partial charge in [-0.05, 0) is 90.8 Å². The van der Waals surface area contributed by atoms with Gasteiger partial charge in [0.05, 0.1) is 18.2 Å². The van der Waals surface area contributed by atoms with Gasteiger partial charge < -0.3 is 25.2 Å². The second-order valence-electron chi connectivity index (χ2n) is 11.8. The van der Waals surface area contributed by atoms with Crippen LogP contribution in [0.3, 0.4) is 0 Å². The predicted octanol–water partition coefficient (Wildman–Crippen LogP) is 6.09. The van der Waals surface area contributed by atoms with Crippen LogP contribution in [-0.4, -0.2) is 40.6 Å². The molecule has 0 heterocycles. The number of aryl methyl sites for hydroxylation is 1. The highest BCUT2D eigenvalue weighted by Crippen LogP contribution is 2.22. The molecule has 0 aromatic heterocycles. The Bertz CT molecular complexity index is 1010. The number of aliphatic hydroxyl groups excluding tert-OH is 1. The van der Waals surface area contributed by atoms with Crippen LogP contribution in [0.1, 0.15) is 84.0 Å². The third-order valence-electron chi connectivity index (χ3n) is 5.59. The number of hydrogen-bond acceptors (Lipinski definition) is 5. The molecule has 7 heteroatoms. The number of hydrogen-bond donors (Lipinski definition) is 3. The highest BCUT2D eigenvalue weighted by atomic mass is 16.6. The Morgan fingerprint density at radius 1 is 0.838 bits per heavy atom. The van der Waals surface area contributed by atoms with E-state index < -0.39 is 28.9 Å². The molecule has 0 fully saturated rings. The van der Waals surface area contributed by atoms with Crippen molar-refractivity contribution in [1.82, 2.24) is 10.6 Å². The summed E-state index contributed by atoms with van der Waals surface area (Å²) < 4.78 is 10.8. The molecule has 2 aromatic carbocycles. The molecule has 7 nitrogen and oxygen atoms in total. The van der Waals surface area contributed by atoms with Gasteiger partial charge in [-0.1, -0.05) is 54.6 Å². The first-order chi connectivity index (χ1) is 17.2. The second-order valence-corrected chi connectivity index (χ2v) is 11.8. The molecule has 2 atom stereocenters. The maximum Gasteiger partial charge on any atom is 0.408 e. The lowest BCUT2D eigenvalue weighted by atomic mass is 9.92. The third-order valence-corrected chi connectivity index (χ3v) is 5.59.